The minimum atomic E-state index is 0.937. The van der Waals surface area contributed by atoms with Gasteiger partial charge in [0, 0.05) is 5.56 Å². The largest absolute Gasteiger partial charge is 0.213 e. The van der Waals surface area contributed by atoms with E-state index in [0.29, 0.717) is 0 Å². The summed E-state index contributed by atoms with van der Waals surface area (Å²) in [6.45, 7) is 0. The van der Waals surface area contributed by atoms with Gasteiger partial charge in [-0.1, -0.05) is 47.7 Å². The minimum absolute atomic E-state index is 0.937. The minimum Gasteiger partial charge on any atom is -0.213 e. The standard InChI is InChI=1S/C16H13N3/c1-2-8-13-12(6-1)7-5-11-15(13)19-16-10-4-3-9-14(16)17-18-19/h1-4,6,8-11H,5,7H2. The molecule has 0 bridgehead atoms. The lowest BCUT2D eigenvalue weighted by Gasteiger charge is -2.17. The van der Waals surface area contributed by atoms with Crippen molar-refractivity contribution in [2.75, 3.05) is 0 Å². The molecule has 3 aromatic rings. The Labute approximate surface area is 111 Å². The summed E-state index contributed by atoms with van der Waals surface area (Å²) in [6, 6.07) is 16.6. The maximum Gasteiger partial charge on any atom is 0.113 e. The average molecular weight is 247 g/mol. The second-order valence-electron chi connectivity index (χ2n) is 4.78. The van der Waals surface area contributed by atoms with E-state index in [0.717, 1.165) is 29.6 Å². The number of benzene rings is 2. The van der Waals surface area contributed by atoms with Crippen molar-refractivity contribution in [1.29, 1.82) is 0 Å². The van der Waals surface area contributed by atoms with Crippen molar-refractivity contribution >= 4 is 16.7 Å². The molecule has 0 N–H and O–H groups in total. The van der Waals surface area contributed by atoms with Gasteiger partial charge in [-0.05, 0) is 30.5 Å². The van der Waals surface area contributed by atoms with E-state index in [1.54, 1.807) is 0 Å². The Bertz CT molecular complexity index is 783. The molecule has 1 heterocycles. The number of rotatable bonds is 1. The summed E-state index contributed by atoms with van der Waals surface area (Å²) in [5, 5.41) is 8.56. The van der Waals surface area contributed by atoms with Gasteiger partial charge >= 0.3 is 0 Å². The molecule has 0 saturated carbocycles. The van der Waals surface area contributed by atoms with Gasteiger partial charge in [0.1, 0.15) is 5.52 Å². The molecule has 0 radical (unpaired) electrons. The highest BCUT2D eigenvalue weighted by molar-refractivity contribution is 5.82. The molecular weight excluding hydrogens is 234 g/mol. The maximum atomic E-state index is 4.32. The van der Waals surface area contributed by atoms with E-state index in [9.17, 15) is 0 Å². The number of fused-ring (bicyclic) bond motifs is 2. The molecular formula is C16H13N3. The van der Waals surface area contributed by atoms with Crippen LogP contribution in [0.5, 0.6) is 0 Å². The topological polar surface area (TPSA) is 30.7 Å². The van der Waals surface area contributed by atoms with Crippen LogP contribution in [0.25, 0.3) is 16.7 Å². The van der Waals surface area contributed by atoms with E-state index >= 15 is 0 Å². The number of para-hydroxylation sites is 1. The van der Waals surface area contributed by atoms with Crippen molar-refractivity contribution in [3.63, 3.8) is 0 Å². The van der Waals surface area contributed by atoms with Crippen LogP contribution in [0.15, 0.2) is 54.6 Å². The summed E-state index contributed by atoms with van der Waals surface area (Å²) in [6.07, 6.45) is 4.41. The van der Waals surface area contributed by atoms with Gasteiger partial charge in [-0.3, -0.25) is 0 Å². The van der Waals surface area contributed by atoms with Crippen molar-refractivity contribution < 1.29 is 0 Å². The normalized spacial score (nSPS) is 14.2. The van der Waals surface area contributed by atoms with Crippen LogP contribution in [0, 0.1) is 0 Å². The molecule has 0 atom stereocenters. The first-order chi connectivity index (χ1) is 9.43. The van der Waals surface area contributed by atoms with Crippen LogP contribution in [-0.2, 0) is 6.42 Å². The second kappa shape index (κ2) is 4.05. The Morgan fingerprint density at radius 2 is 1.79 bits per heavy atom. The summed E-state index contributed by atoms with van der Waals surface area (Å²) in [5.74, 6) is 0. The Hall–Kier alpha value is -2.42. The Balaban J connectivity index is 1.96. The molecule has 1 aliphatic carbocycles. The van der Waals surface area contributed by atoms with Crippen LogP contribution in [0.4, 0.5) is 0 Å². The Kier molecular flexibility index (Phi) is 2.24. The first kappa shape index (κ1) is 10.5. The van der Waals surface area contributed by atoms with E-state index < -0.39 is 0 Å². The van der Waals surface area contributed by atoms with Gasteiger partial charge in [-0.2, -0.15) is 0 Å². The van der Waals surface area contributed by atoms with Crippen LogP contribution < -0.4 is 0 Å². The first-order valence-electron chi connectivity index (χ1n) is 6.53. The lowest BCUT2D eigenvalue weighted by Crippen LogP contribution is -2.07. The third-order valence-electron chi connectivity index (χ3n) is 3.62. The molecule has 2 aromatic carbocycles. The van der Waals surface area contributed by atoms with Crippen molar-refractivity contribution in [3.05, 3.63) is 65.7 Å². The molecule has 3 heteroatoms. The van der Waals surface area contributed by atoms with Gasteiger partial charge in [0.25, 0.3) is 0 Å². The number of nitrogens with zero attached hydrogens (tertiary/aromatic N) is 3. The van der Waals surface area contributed by atoms with E-state index in [2.05, 4.69) is 46.7 Å². The number of aryl methyl sites for hydroxylation is 1. The van der Waals surface area contributed by atoms with Crippen LogP contribution in [0.3, 0.4) is 0 Å². The van der Waals surface area contributed by atoms with Gasteiger partial charge < -0.3 is 0 Å². The Morgan fingerprint density at radius 3 is 2.79 bits per heavy atom. The molecule has 1 aromatic heterocycles. The average Bonchev–Trinajstić information content (AvgIpc) is 2.90. The van der Waals surface area contributed by atoms with Crippen LogP contribution >= 0.6 is 0 Å². The summed E-state index contributed by atoms with van der Waals surface area (Å²) in [4.78, 5) is 0. The SMILES string of the molecule is C1=C(n2nnc3ccccc32)c2ccccc2CC1. The first-order valence-corrected chi connectivity index (χ1v) is 6.53. The van der Waals surface area contributed by atoms with Crippen LogP contribution in [0.1, 0.15) is 17.5 Å². The predicted octanol–water partition coefficient (Wildman–Crippen LogP) is 3.27. The van der Waals surface area contributed by atoms with Gasteiger partial charge in [0.2, 0.25) is 0 Å². The fourth-order valence-electron chi connectivity index (χ4n) is 2.71. The smallest absolute Gasteiger partial charge is 0.113 e. The quantitative estimate of drug-likeness (QED) is 0.660. The zero-order valence-electron chi connectivity index (χ0n) is 10.5. The molecule has 0 saturated heterocycles. The van der Waals surface area contributed by atoms with Crippen molar-refractivity contribution in [2.24, 2.45) is 0 Å². The van der Waals surface area contributed by atoms with Crippen LogP contribution in [0.2, 0.25) is 0 Å². The molecule has 3 nitrogen and oxygen atoms in total. The summed E-state index contributed by atoms with van der Waals surface area (Å²) in [7, 11) is 0. The number of hydrogen-bond acceptors (Lipinski definition) is 2. The predicted molar refractivity (Wildman–Crippen MR) is 75.7 cm³/mol. The third kappa shape index (κ3) is 1.58. The van der Waals surface area contributed by atoms with Crippen LogP contribution in [-0.4, -0.2) is 15.0 Å². The highest BCUT2D eigenvalue weighted by Crippen LogP contribution is 2.28. The highest BCUT2D eigenvalue weighted by atomic mass is 15.4. The lowest BCUT2D eigenvalue weighted by molar-refractivity contribution is 0.823. The zero-order chi connectivity index (χ0) is 12.7. The van der Waals surface area contributed by atoms with E-state index in [1.165, 1.54) is 11.1 Å². The molecule has 19 heavy (non-hydrogen) atoms. The summed E-state index contributed by atoms with van der Waals surface area (Å²) < 4.78 is 1.95. The highest BCUT2D eigenvalue weighted by Gasteiger charge is 2.16. The summed E-state index contributed by atoms with van der Waals surface area (Å²) in [5.41, 5.74) is 5.80. The van der Waals surface area contributed by atoms with Gasteiger partial charge in [0.15, 0.2) is 0 Å². The molecule has 0 fully saturated rings. The van der Waals surface area contributed by atoms with Gasteiger partial charge in [0.05, 0.1) is 11.2 Å². The van der Waals surface area contributed by atoms with E-state index in [1.807, 2.05) is 22.9 Å². The number of allylic oxidation sites excluding steroid dienone is 1. The molecule has 0 unspecified atom stereocenters. The molecule has 0 amide bonds. The fraction of sp³-hybridized carbons (Fsp3) is 0.125. The van der Waals surface area contributed by atoms with Crippen molar-refractivity contribution in [1.82, 2.24) is 15.0 Å². The third-order valence-corrected chi connectivity index (χ3v) is 3.62. The van der Waals surface area contributed by atoms with Gasteiger partial charge in [-0.25, -0.2) is 4.68 Å². The van der Waals surface area contributed by atoms with E-state index in [4.69, 9.17) is 0 Å². The number of aromatic nitrogens is 3. The Morgan fingerprint density at radius 1 is 0.947 bits per heavy atom. The fourth-order valence-corrected chi connectivity index (χ4v) is 2.71. The lowest BCUT2D eigenvalue weighted by atomic mass is 9.95. The molecule has 4 rings (SSSR count). The second-order valence-corrected chi connectivity index (χ2v) is 4.78. The molecule has 1 aliphatic rings. The van der Waals surface area contributed by atoms with E-state index in [-0.39, 0.29) is 0 Å². The summed E-state index contributed by atoms with van der Waals surface area (Å²) >= 11 is 0. The van der Waals surface area contributed by atoms with Crippen molar-refractivity contribution in [2.45, 2.75) is 12.8 Å². The molecule has 0 spiro atoms. The van der Waals surface area contributed by atoms with Crippen molar-refractivity contribution in [3.8, 4) is 0 Å². The molecule has 92 valence electrons. The molecule has 0 aliphatic heterocycles. The zero-order valence-corrected chi connectivity index (χ0v) is 10.5. The number of hydrogen-bond donors (Lipinski definition) is 0. The van der Waals surface area contributed by atoms with Gasteiger partial charge in [-0.15, -0.1) is 5.10 Å². The monoisotopic (exact) mass is 247 g/mol. The maximum absolute atomic E-state index is 4.32.